The minimum absolute atomic E-state index is 0.755. The minimum atomic E-state index is 0.755. The Kier molecular flexibility index (Phi) is 4.38. The monoisotopic (exact) mass is 364 g/mol. The standard InChI is InChI=1S/C19H20N6S/c1-23(2)16-8-6-7-14(11-16)18-21-22-19(24(18)3)26-13-15-12-25-10-5-4-9-17(25)20-15/h4-12H,13H2,1-3H3. The van der Waals surface area contributed by atoms with Gasteiger partial charge in [-0.1, -0.05) is 30.0 Å². The van der Waals surface area contributed by atoms with Crippen LogP contribution in [0.15, 0.2) is 60.0 Å². The first-order valence-electron chi connectivity index (χ1n) is 8.34. The van der Waals surface area contributed by atoms with Gasteiger partial charge < -0.3 is 13.9 Å². The van der Waals surface area contributed by atoms with Crippen molar-refractivity contribution in [1.82, 2.24) is 24.1 Å². The molecule has 3 heterocycles. The summed E-state index contributed by atoms with van der Waals surface area (Å²) in [5.74, 6) is 1.62. The van der Waals surface area contributed by atoms with E-state index in [4.69, 9.17) is 0 Å². The molecule has 0 saturated carbocycles. The van der Waals surface area contributed by atoms with E-state index in [1.165, 1.54) is 0 Å². The first-order valence-corrected chi connectivity index (χ1v) is 9.33. The highest BCUT2D eigenvalue weighted by Gasteiger charge is 2.13. The zero-order chi connectivity index (χ0) is 18.1. The van der Waals surface area contributed by atoms with Crippen LogP contribution in [0, 0.1) is 0 Å². The lowest BCUT2D eigenvalue weighted by Crippen LogP contribution is -2.08. The summed E-state index contributed by atoms with van der Waals surface area (Å²) in [6, 6.07) is 14.3. The van der Waals surface area contributed by atoms with Gasteiger partial charge in [0.1, 0.15) is 5.65 Å². The molecule has 0 atom stereocenters. The molecule has 132 valence electrons. The molecule has 4 aromatic rings. The van der Waals surface area contributed by atoms with E-state index in [1.807, 2.05) is 60.6 Å². The Morgan fingerprint density at radius 1 is 1.08 bits per heavy atom. The molecule has 7 heteroatoms. The maximum Gasteiger partial charge on any atom is 0.191 e. The molecule has 0 amide bonds. The number of hydrogen-bond donors (Lipinski definition) is 0. The van der Waals surface area contributed by atoms with Crippen LogP contribution in [0.25, 0.3) is 17.0 Å². The summed E-state index contributed by atoms with van der Waals surface area (Å²) >= 11 is 1.64. The fourth-order valence-electron chi connectivity index (χ4n) is 2.81. The van der Waals surface area contributed by atoms with E-state index in [1.54, 1.807) is 11.8 Å². The summed E-state index contributed by atoms with van der Waals surface area (Å²) in [6.07, 6.45) is 4.06. The molecule has 26 heavy (non-hydrogen) atoms. The fraction of sp³-hybridized carbons (Fsp3) is 0.211. The van der Waals surface area contributed by atoms with Gasteiger partial charge in [-0.3, -0.25) is 0 Å². The molecule has 0 radical (unpaired) electrons. The topological polar surface area (TPSA) is 51.3 Å². The fourth-order valence-corrected chi connectivity index (χ4v) is 3.61. The van der Waals surface area contributed by atoms with Crippen LogP contribution in [0.3, 0.4) is 0 Å². The molecular weight excluding hydrogens is 344 g/mol. The Balaban J connectivity index is 1.54. The smallest absolute Gasteiger partial charge is 0.191 e. The minimum Gasteiger partial charge on any atom is -0.378 e. The lowest BCUT2D eigenvalue weighted by atomic mass is 10.2. The highest BCUT2D eigenvalue weighted by molar-refractivity contribution is 7.98. The van der Waals surface area contributed by atoms with Gasteiger partial charge in [-0.15, -0.1) is 10.2 Å². The third-order valence-electron chi connectivity index (χ3n) is 4.22. The van der Waals surface area contributed by atoms with Gasteiger partial charge in [0.15, 0.2) is 11.0 Å². The second-order valence-corrected chi connectivity index (χ2v) is 7.24. The first-order chi connectivity index (χ1) is 12.6. The second-order valence-electron chi connectivity index (χ2n) is 6.30. The van der Waals surface area contributed by atoms with E-state index in [-0.39, 0.29) is 0 Å². The summed E-state index contributed by atoms with van der Waals surface area (Å²) in [5, 5.41) is 9.63. The van der Waals surface area contributed by atoms with Crippen molar-refractivity contribution in [3.05, 3.63) is 60.6 Å². The van der Waals surface area contributed by atoms with Crippen molar-refractivity contribution in [1.29, 1.82) is 0 Å². The molecule has 0 aliphatic heterocycles. The van der Waals surface area contributed by atoms with Gasteiger partial charge >= 0.3 is 0 Å². The van der Waals surface area contributed by atoms with Crippen LogP contribution in [0.4, 0.5) is 5.69 Å². The average molecular weight is 364 g/mol. The number of anilines is 1. The number of imidazole rings is 1. The maximum atomic E-state index is 4.63. The molecule has 0 aliphatic carbocycles. The number of nitrogens with zero attached hydrogens (tertiary/aromatic N) is 6. The Hall–Kier alpha value is -2.80. The second kappa shape index (κ2) is 6.84. The Labute approximate surface area is 156 Å². The van der Waals surface area contributed by atoms with Gasteiger partial charge in [0.2, 0.25) is 0 Å². The molecule has 0 fully saturated rings. The molecule has 3 aromatic heterocycles. The molecule has 0 aliphatic rings. The van der Waals surface area contributed by atoms with Crippen molar-refractivity contribution in [2.45, 2.75) is 10.9 Å². The molecular formula is C19H20N6S. The summed E-state index contributed by atoms with van der Waals surface area (Å²) in [4.78, 5) is 6.71. The number of fused-ring (bicyclic) bond motifs is 1. The van der Waals surface area contributed by atoms with E-state index < -0.39 is 0 Å². The lowest BCUT2D eigenvalue weighted by Gasteiger charge is -2.13. The quantitative estimate of drug-likeness (QED) is 0.508. The zero-order valence-corrected chi connectivity index (χ0v) is 15.8. The Morgan fingerprint density at radius 2 is 1.96 bits per heavy atom. The highest BCUT2D eigenvalue weighted by Crippen LogP contribution is 2.27. The largest absolute Gasteiger partial charge is 0.378 e. The van der Waals surface area contributed by atoms with Crippen LogP contribution in [0.5, 0.6) is 0 Å². The van der Waals surface area contributed by atoms with Crippen LogP contribution in [0.1, 0.15) is 5.69 Å². The third-order valence-corrected chi connectivity index (χ3v) is 5.27. The van der Waals surface area contributed by atoms with Gasteiger partial charge in [-0.05, 0) is 24.3 Å². The number of rotatable bonds is 5. The van der Waals surface area contributed by atoms with Crippen molar-refractivity contribution in [3.8, 4) is 11.4 Å². The molecule has 1 aromatic carbocycles. The number of pyridine rings is 1. The van der Waals surface area contributed by atoms with Crippen LogP contribution in [-0.4, -0.2) is 38.2 Å². The third kappa shape index (κ3) is 3.17. The Morgan fingerprint density at radius 3 is 2.77 bits per heavy atom. The SMILES string of the molecule is CN(C)c1cccc(-c2nnc(SCc3cn4ccccc4n3)n2C)c1. The molecule has 0 unspecified atom stereocenters. The highest BCUT2D eigenvalue weighted by atomic mass is 32.2. The molecule has 0 bridgehead atoms. The van der Waals surface area contributed by atoms with Crippen LogP contribution < -0.4 is 4.90 Å². The van der Waals surface area contributed by atoms with Crippen molar-refractivity contribution >= 4 is 23.1 Å². The van der Waals surface area contributed by atoms with E-state index in [0.717, 1.165) is 39.3 Å². The van der Waals surface area contributed by atoms with Crippen molar-refractivity contribution < 1.29 is 0 Å². The van der Waals surface area contributed by atoms with Gasteiger partial charge in [0, 0.05) is 50.5 Å². The van der Waals surface area contributed by atoms with Gasteiger partial charge in [0.25, 0.3) is 0 Å². The number of hydrogen-bond acceptors (Lipinski definition) is 5. The van der Waals surface area contributed by atoms with Gasteiger partial charge in [-0.25, -0.2) is 4.98 Å². The molecule has 0 saturated heterocycles. The summed E-state index contributed by atoms with van der Waals surface area (Å²) in [6.45, 7) is 0. The normalized spacial score (nSPS) is 11.2. The number of thioether (sulfide) groups is 1. The van der Waals surface area contributed by atoms with Gasteiger partial charge in [0.05, 0.1) is 5.69 Å². The summed E-state index contributed by atoms with van der Waals surface area (Å²) < 4.78 is 4.07. The maximum absolute atomic E-state index is 4.63. The van der Waals surface area contributed by atoms with Crippen molar-refractivity contribution in [2.24, 2.45) is 7.05 Å². The van der Waals surface area contributed by atoms with Gasteiger partial charge in [-0.2, -0.15) is 0 Å². The van der Waals surface area contributed by atoms with E-state index in [2.05, 4.69) is 44.5 Å². The summed E-state index contributed by atoms with van der Waals surface area (Å²) in [5.41, 5.74) is 4.19. The molecule has 0 N–H and O–H groups in total. The summed E-state index contributed by atoms with van der Waals surface area (Å²) in [7, 11) is 6.07. The lowest BCUT2D eigenvalue weighted by molar-refractivity contribution is 0.793. The van der Waals surface area contributed by atoms with E-state index >= 15 is 0 Å². The molecule has 0 spiro atoms. The zero-order valence-electron chi connectivity index (χ0n) is 15.0. The average Bonchev–Trinajstić information content (AvgIpc) is 3.23. The number of aromatic nitrogens is 5. The number of benzene rings is 1. The van der Waals surface area contributed by atoms with E-state index in [9.17, 15) is 0 Å². The van der Waals surface area contributed by atoms with Crippen molar-refractivity contribution in [2.75, 3.05) is 19.0 Å². The predicted octanol–water partition coefficient (Wildman–Crippen LogP) is 3.49. The van der Waals surface area contributed by atoms with Crippen LogP contribution in [0.2, 0.25) is 0 Å². The first kappa shape index (κ1) is 16.7. The van der Waals surface area contributed by atoms with Crippen LogP contribution >= 0.6 is 11.8 Å². The Bertz CT molecular complexity index is 1020. The molecule has 4 rings (SSSR count). The van der Waals surface area contributed by atoms with Crippen molar-refractivity contribution in [3.63, 3.8) is 0 Å². The van der Waals surface area contributed by atoms with Crippen LogP contribution in [-0.2, 0) is 12.8 Å². The van der Waals surface area contributed by atoms with E-state index in [0.29, 0.717) is 0 Å². The predicted molar refractivity (Wildman–Crippen MR) is 106 cm³/mol. The molecule has 6 nitrogen and oxygen atoms in total.